The topological polar surface area (TPSA) is 56.4 Å². The molecule has 0 saturated heterocycles. The predicted molar refractivity (Wildman–Crippen MR) is 99.3 cm³/mol. The lowest BCUT2D eigenvalue weighted by Crippen LogP contribution is -2.18. The molecule has 0 spiro atoms. The molecule has 1 N–H and O–H groups in total. The molecule has 3 heteroatoms. The van der Waals surface area contributed by atoms with Gasteiger partial charge in [-0.1, -0.05) is 91.0 Å². The van der Waals surface area contributed by atoms with E-state index < -0.39 is 12.1 Å². The summed E-state index contributed by atoms with van der Waals surface area (Å²) in [6, 6.07) is 29.8. The summed E-state index contributed by atoms with van der Waals surface area (Å²) in [6.45, 7) is 0. The first-order chi connectivity index (χ1) is 12.3. The fraction of sp³-hybridized carbons (Fsp3) is 0.0909. The van der Waals surface area contributed by atoms with Crippen LogP contribution in [0, 0.1) is 11.3 Å². The van der Waals surface area contributed by atoms with E-state index in [1.165, 1.54) is 0 Å². The number of hydrogen-bond acceptors (Lipinski definition) is 3. The molecule has 3 aromatic carbocycles. The van der Waals surface area contributed by atoms with Gasteiger partial charge in [0.25, 0.3) is 0 Å². The van der Waals surface area contributed by atoms with Gasteiger partial charge in [0.15, 0.2) is 6.04 Å². The fourth-order valence-corrected chi connectivity index (χ4v) is 2.65. The third-order valence-corrected chi connectivity index (χ3v) is 3.94. The second kappa shape index (κ2) is 8.05. The van der Waals surface area contributed by atoms with E-state index in [0.29, 0.717) is 11.3 Å². The number of aliphatic imine (C=N–C) groups is 1. The van der Waals surface area contributed by atoms with E-state index in [0.717, 1.165) is 11.1 Å². The van der Waals surface area contributed by atoms with Crippen molar-refractivity contribution < 1.29 is 5.11 Å². The van der Waals surface area contributed by atoms with Crippen LogP contribution in [0.25, 0.3) is 0 Å². The van der Waals surface area contributed by atoms with Gasteiger partial charge in [-0.05, 0) is 5.56 Å². The quantitative estimate of drug-likeness (QED) is 0.716. The smallest absolute Gasteiger partial charge is 0.167 e. The number of nitriles is 1. The number of benzene rings is 3. The molecule has 122 valence electrons. The molecule has 3 aromatic rings. The molecular formula is C22H18N2O. The van der Waals surface area contributed by atoms with E-state index in [4.69, 9.17) is 0 Å². The highest BCUT2D eigenvalue weighted by Crippen LogP contribution is 2.21. The van der Waals surface area contributed by atoms with Crippen molar-refractivity contribution in [2.24, 2.45) is 4.99 Å². The first-order valence-electron chi connectivity index (χ1n) is 8.11. The zero-order valence-corrected chi connectivity index (χ0v) is 13.7. The van der Waals surface area contributed by atoms with Crippen molar-refractivity contribution in [3.63, 3.8) is 0 Å². The molecule has 0 bridgehead atoms. The Labute approximate surface area is 147 Å². The molecule has 0 radical (unpaired) electrons. The second-order valence-electron chi connectivity index (χ2n) is 5.64. The van der Waals surface area contributed by atoms with Gasteiger partial charge in [-0.15, -0.1) is 0 Å². The molecular weight excluding hydrogens is 308 g/mol. The molecule has 0 saturated carbocycles. The van der Waals surface area contributed by atoms with Crippen molar-refractivity contribution in [2.75, 3.05) is 0 Å². The zero-order chi connectivity index (χ0) is 17.5. The lowest BCUT2D eigenvalue weighted by atomic mass is 10.00. The average Bonchev–Trinajstić information content (AvgIpc) is 2.70. The maximum Gasteiger partial charge on any atom is 0.167 e. The minimum Gasteiger partial charge on any atom is -0.385 e. The number of hydrogen-bond donors (Lipinski definition) is 1. The summed E-state index contributed by atoms with van der Waals surface area (Å²) in [6.07, 6.45) is -0.978. The highest BCUT2D eigenvalue weighted by atomic mass is 16.3. The molecule has 3 nitrogen and oxygen atoms in total. The van der Waals surface area contributed by atoms with Crippen molar-refractivity contribution >= 4 is 5.71 Å². The van der Waals surface area contributed by atoms with Crippen LogP contribution >= 0.6 is 0 Å². The standard InChI is InChI=1S/C22H18N2O/c23-16-20(22(25)19-14-8-3-9-15-19)24-21(17-10-4-1-5-11-17)18-12-6-2-7-13-18/h1-15,20,22,25H. The van der Waals surface area contributed by atoms with Gasteiger partial charge in [-0.25, -0.2) is 0 Å². The van der Waals surface area contributed by atoms with Gasteiger partial charge in [0.2, 0.25) is 0 Å². The van der Waals surface area contributed by atoms with E-state index in [9.17, 15) is 10.4 Å². The second-order valence-corrected chi connectivity index (χ2v) is 5.64. The summed E-state index contributed by atoms with van der Waals surface area (Å²) < 4.78 is 0. The summed E-state index contributed by atoms with van der Waals surface area (Å²) in [5.74, 6) is 0. The molecule has 0 fully saturated rings. The lowest BCUT2D eigenvalue weighted by molar-refractivity contribution is 0.166. The van der Waals surface area contributed by atoms with Crippen molar-refractivity contribution in [3.05, 3.63) is 108 Å². The number of nitrogens with zero attached hydrogens (tertiary/aromatic N) is 2. The summed E-state index contributed by atoms with van der Waals surface area (Å²) >= 11 is 0. The molecule has 0 aliphatic heterocycles. The van der Waals surface area contributed by atoms with Crippen LogP contribution in [0.4, 0.5) is 0 Å². The van der Waals surface area contributed by atoms with Crippen LogP contribution in [0.3, 0.4) is 0 Å². The van der Waals surface area contributed by atoms with Gasteiger partial charge in [0, 0.05) is 11.1 Å². The Morgan fingerprint density at radius 2 is 1.20 bits per heavy atom. The molecule has 25 heavy (non-hydrogen) atoms. The Bertz CT molecular complexity index is 827. The Morgan fingerprint density at radius 1 is 0.760 bits per heavy atom. The fourth-order valence-electron chi connectivity index (χ4n) is 2.65. The molecule has 0 aromatic heterocycles. The van der Waals surface area contributed by atoms with Crippen molar-refractivity contribution in [1.82, 2.24) is 0 Å². The first-order valence-corrected chi connectivity index (χ1v) is 8.11. The molecule has 0 aliphatic rings. The van der Waals surface area contributed by atoms with Crippen LogP contribution in [0.2, 0.25) is 0 Å². The van der Waals surface area contributed by atoms with Crippen LogP contribution in [0.5, 0.6) is 0 Å². The van der Waals surface area contributed by atoms with Gasteiger partial charge in [-0.2, -0.15) is 5.26 Å². The van der Waals surface area contributed by atoms with Crippen LogP contribution in [0.1, 0.15) is 22.8 Å². The minimum atomic E-state index is -0.978. The van der Waals surface area contributed by atoms with E-state index in [-0.39, 0.29) is 0 Å². The Hall–Kier alpha value is -3.22. The molecule has 2 unspecified atom stereocenters. The van der Waals surface area contributed by atoms with Crippen LogP contribution in [-0.2, 0) is 0 Å². The molecule has 0 heterocycles. The summed E-state index contributed by atoms with van der Waals surface area (Å²) in [5, 5.41) is 20.2. The van der Waals surface area contributed by atoms with Gasteiger partial charge in [-0.3, -0.25) is 4.99 Å². The average molecular weight is 326 g/mol. The maximum absolute atomic E-state index is 10.6. The van der Waals surface area contributed by atoms with E-state index in [1.54, 1.807) is 12.1 Å². The van der Waals surface area contributed by atoms with Gasteiger partial charge >= 0.3 is 0 Å². The molecule has 0 amide bonds. The SMILES string of the molecule is N#CC(N=C(c1ccccc1)c1ccccc1)C(O)c1ccccc1. The van der Waals surface area contributed by atoms with Gasteiger partial charge in [0.1, 0.15) is 6.10 Å². The molecule has 0 aliphatic carbocycles. The Kier molecular flexibility index (Phi) is 5.36. The zero-order valence-electron chi connectivity index (χ0n) is 13.7. The van der Waals surface area contributed by atoms with E-state index in [1.807, 2.05) is 78.9 Å². The summed E-state index contributed by atoms with van der Waals surface area (Å²) in [7, 11) is 0. The maximum atomic E-state index is 10.6. The monoisotopic (exact) mass is 326 g/mol. The van der Waals surface area contributed by atoms with Crippen molar-refractivity contribution in [1.29, 1.82) is 5.26 Å². The van der Waals surface area contributed by atoms with Crippen LogP contribution in [0.15, 0.2) is 96.0 Å². The first kappa shape index (κ1) is 16.6. The Morgan fingerprint density at radius 3 is 1.64 bits per heavy atom. The highest BCUT2D eigenvalue weighted by molar-refractivity contribution is 6.13. The number of aliphatic hydroxyl groups is 1. The third kappa shape index (κ3) is 4.00. The highest BCUT2D eigenvalue weighted by Gasteiger charge is 2.21. The van der Waals surface area contributed by atoms with Crippen LogP contribution in [-0.4, -0.2) is 16.9 Å². The molecule has 3 rings (SSSR count). The van der Waals surface area contributed by atoms with Crippen molar-refractivity contribution in [2.45, 2.75) is 12.1 Å². The number of rotatable bonds is 5. The van der Waals surface area contributed by atoms with Gasteiger partial charge < -0.3 is 5.11 Å². The number of aliphatic hydroxyl groups excluding tert-OH is 1. The Balaban J connectivity index is 2.04. The van der Waals surface area contributed by atoms with Crippen LogP contribution < -0.4 is 0 Å². The van der Waals surface area contributed by atoms with Crippen molar-refractivity contribution in [3.8, 4) is 6.07 Å². The minimum absolute atomic E-state index is 0.679. The third-order valence-electron chi connectivity index (χ3n) is 3.94. The summed E-state index contributed by atoms with van der Waals surface area (Å²) in [4.78, 5) is 4.62. The van der Waals surface area contributed by atoms with E-state index in [2.05, 4.69) is 11.1 Å². The molecule has 2 atom stereocenters. The lowest BCUT2D eigenvalue weighted by Gasteiger charge is -2.16. The van der Waals surface area contributed by atoms with Gasteiger partial charge in [0.05, 0.1) is 11.8 Å². The predicted octanol–water partition coefficient (Wildman–Crippen LogP) is 4.15. The van der Waals surface area contributed by atoms with E-state index >= 15 is 0 Å². The summed E-state index contributed by atoms with van der Waals surface area (Å²) in [5.41, 5.74) is 3.20. The largest absolute Gasteiger partial charge is 0.385 e. The normalized spacial score (nSPS) is 12.6.